The van der Waals surface area contributed by atoms with Gasteiger partial charge in [0, 0.05) is 11.6 Å². The molecule has 0 amide bonds. The molecule has 4 nitrogen and oxygen atoms in total. The summed E-state index contributed by atoms with van der Waals surface area (Å²) in [7, 11) is 0. The molecule has 4 rings (SSSR count). The average Bonchev–Trinajstić information content (AvgIpc) is 3.25. The molecule has 1 saturated carbocycles. The van der Waals surface area contributed by atoms with E-state index in [1.165, 1.54) is 18.9 Å². The van der Waals surface area contributed by atoms with Gasteiger partial charge in [-0.05, 0) is 55.0 Å². The molecular formula is C19H17ClN2O2. The van der Waals surface area contributed by atoms with Crippen molar-refractivity contribution in [1.29, 1.82) is 0 Å². The fourth-order valence-corrected chi connectivity index (χ4v) is 3.16. The standard InChI is InChI=1S/C19H17ClN2O2/c20-15-3-1-2-4-17(15)22-16(7-8-21-22)14-10-13(9-12-5-6-12)18(23)11-19(14)24/h1-4,7-8,10-12,23-24H,5-6,9H2. The first kappa shape index (κ1) is 15.1. The number of halogens is 1. The van der Waals surface area contributed by atoms with Crippen LogP contribution in [0.3, 0.4) is 0 Å². The summed E-state index contributed by atoms with van der Waals surface area (Å²) in [6.45, 7) is 0. The van der Waals surface area contributed by atoms with Gasteiger partial charge in [-0.1, -0.05) is 23.7 Å². The number of phenols is 2. The van der Waals surface area contributed by atoms with E-state index in [1.54, 1.807) is 16.9 Å². The fourth-order valence-electron chi connectivity index (χ4n) is 2.95. The molecule has 0 spiro atoms. The highest BCUT2D eigenvalue weighted by atomic mass is 35.5. The summed E-state index contributed by atoms with van der Waals surface area (Å²) in [6.07, 6.45) is 4.91. The van der Waals surface area contributed by atoms with Gasteiger partial charge in [-0.15, -0.1) is 0 Å². The highest BCUT2D eigenvalue weighted by Crippen LogP contribution is 2.40. The maximum absolute atomic E-state index is 10.3. The monoisotopic (exact) mass is 340 g/mol. The molecule has 1 fully saturated rings. The highest BCUT2D eigenvalue weighted by molar-refractivity contribution is 6.32. The van der Waals surface area contributed by atoms with Gasteiger partial charge < -0.3 is 10.2 Å². The molecule has 1 aliphatic carbocycles. The first-order valence-corrected chi connectivity index (χ1v) is 8.35. The van der Waals surface area contributed by atoms with E-state index < -0.39 is 0 Å². The van der Waals surface area contributed by atoms with Crippen molar-refractivity contribution in [3.05, 3.63) is 59.2 Å². The van der Waals surface area contributed by atoms with Crippen molar-refractivity contribution in [1.82, 2.24) is 9.78 Å². The van der Waals surface area contributed by atoms with Crippen LogP contribution in [0.2, 0.25) is 5.02 Å². The molecule has 122 valence electrons. The van der Waals surface area contributed by atoms with Crippen LogP contribution in [0.25, 0.3) is 16.9 Å². The SMILES string of the molecule is Oc1cc(O)c(-c2ccnn2-c2ccccc2Cl)cc1CC1CC1. The minimum absolute atomic E-state index is 0.0286. The number of phenolic OH excluding ortho intramolecular Hbond substituents is 2. The minimum atomic E-state index is 0.0286. The Labute approximate surface area is 144 Å². The van der Waals surface area contributed by atoms with Crippen LogP contribution < -0.4 is 0 Å². The summed E-state index contributed by atoms with van der Waals surface area (Å²) in [4.78, 5) is 0. The first-order chi connectivity index (χ1) is 11.6. The van der Waals surface area contributed by atoms with Crippen LogP contribution in [0.4, 0.5) is 0 Å². The van der Waals surface area contributed by atoms with Crippen molar-refractivity contribution < 1.29 is 10.2 Å². The van der Waals surface area contributed by atoms with Crippen molar-refractivity contribution in [2.24, 2.45) is 5.92 Å². The first-order valence-electron chi connectivity index (χ1n) is 7.97. The number of hydrogen-bond donors (Lipinski definition) is 2. The quantitative estimate of drug-likeness (QED) is 0.732. The zero-order valence-corrected chi connectivity index (χ0v) is 13.7. The lowest BCUT2D eigenvalue weighted by Gasteiger charge is -2.13. The Morgan fingerprint density at radius 1 is 1.08 bits per heavy atom. The smallest absolute Gasteiger partial charge is 0.128 e. The second-order valence-electron chi connectivity index (χ2n) is 6.23. The number of aromatic hydroxyl groups is 2. The molecule has 1 aromatic heterocycles. The Balaban J connectivity index is 1.82. The highest BCUT2D eigenvalue weighted by Gasteiger charge is 2.24. The van der Waals surface area contributed by atoms with Gasteiger partial charge in [-0.3, -0.25) is 0 Å². The number of para-hydroxylation sites is 1. The van der Waals surface area contributed by atoms with E-state index in [9.17, 15) is 10.2 Å². The number of benzene rings is 2. The lowest BCUT2D eigenvalue weighted by Crippen LogP contribution is -2.00. The molecule has 3 aromatic rings. The van der Waals surface area contributed by atoms with Gasteiger partial charge >= 0.3 is 0 Å². The van der Waals surface area contributed by atoms with Crippen LogP contribution in [-0.4, -0.2) is 20.0 Å². The molecule has 0 bridgehead atoms. The Morgan fingerprint density at radius 3 is 2.62 bits per heavy atom. The van der Waals surface area contributed by atoms with Crippen molar-refractivity contribution in [2.45, 2.75) is 19.3 Å². The Morgan fingerprint density at radius 2 is 1.88 bits per heavy atom. The van der Waals surface area contributed by atoms with E-state index in [1.807, 2.05) is 30.3 Å². The molecule has 2 aromatic carbocycles. The van der Waals surface area contributed by atoms with E-state index in [-0.39, 0.29) is 11.5 Å². The second kappa shape index (κ2) is 5.87. The van der Waals surface area contributed by atoms with Crippen LogP contribution >= 0.6 is 11.6 Å². The van der Waals surface area contributed by atoms with E-state index in [0.29, 0.717) is 16.5 Å². The van der Waals surface area contributed by atoms with E-state index in [0.717, 1.165) is 23.4 Å². The summed E-state index contributed by atoms with van der Waals surface area (Å²) in [5, 5.41) is 25.4. The summed E-state index contributed by atoms with van der Waals surface area (Å²) in [5.41, 5.74) is 2.98. The third-order valence-electron chi connectivity index (χ3n) is 4.40. The maximum atomic E-state index is 10.3. The topological polar surface area (TPSA) is 58.3 Å². The largest absolute Gasteiger partial charge is 0.508 e. The summed E-state index contributed by atoms with van der Waals surface area (Å²) in [6, 6.07) is 12.5. The van der Waals surface area contributed by atoms with E-state index in [4.69, 9.17) is 11.6 Å². The van der Waals surface area contributed by atoms with Gasteiger partial charge in [0.25, 0.3) is 0 Å². The third-order valence-corrected chi connectivity index (χ3v) is 4.72. The zero-order chi connectivity index (χ0) is 16.7. The van der Waals surface area contributed by atoms with Crippen molar-refractivity contribution in [3.63, 3.8) is 0 Å². The van der Waals surface area contributed by atoms with Crippen molar-refractivity contribution in [3.8, 4) is 28.4 Å². The lowest BCUT2D eigenvalue weighted by atomic mass is 10.0. The van der Waals surface area contributed by atoms with Crippen LogP contribution in [0.5, 0.6) is 11.5 Å². The lowest BCUT2D eigenvalue weighted by molar-refractivity contribution is 0.446. The molecule has 0 atom stereocenters. The summed E-state index contributed by atoms with van der Waals surface area (Å²) in [5.74, 6) is 0.814. The van der Waals surface area contributed by atoms with Gasteiger partial charge in [0.15, 0.2) is 0 Å². The molecule has 0 radical (unpaired) electrons. The van der Waals surface area contributed by atoms with Crippen LogP contribution in [0, 0.1) is 5.92 Å². The van der Waals surface area contributed by atoms with Gasteiger partial charge in [0.2, 0.25) is 0 Å². The molecular weight excluding hydrogens is 324 g/mol. The van der Waals surface area contributed by atoms with Crippen LogP contribution in [0.1, 0.15) is 18.4 Å². The summed E-state index contributed by atoms with van der Waals surface area (Å²) >= 11 is 6.29. The Hall–Kier alpha value is -2.46. The van der Waals surface area contributed by atoms with Crippen LogP contribution in [-0.2, 0) is 6.42 Å². The normalized spacial score (nSPS) is 14.0. The third kappa shape index (κ3) is 2.74. The molecule has 2 N–H and O–H groups in total. The Kier molecular flexibility index (Phi) is 3.69. The average molecular weight is 341 g/mol. The predicted molar refractivity (Wildman–Crippen MR) is 93.8 cm³/mol. The molecule has 0 aliphatic heterocycles. The van der Waals surface area contributed by atoms with E-state index in [2.05, 4.69) is 5.10 Å². The minimum Gasteiger partial charge on any atom is -0.508 e. The van der Waals surface area contributed by atoms with Gasteiger partial charge in [-0.2, -0.15) is 5.10 Å². The number of aromatic nitrogens is 2. The maximum Gasteiger partial charge on any atom is 0.128 e. The second-order valence-corrected chi connectivity index (χ2v) is 6.63. The molecule has 0 saturated heterocycles. The van der Waals surface area contributed by atoms with Gasteiger partial charge in [0.05, 0.1) is 22.6 Å². The predicted octanol–water partition coefficient (Wildman–Crippen LogP) is 4.56. The number of nitrogens with zero attached hydrogens (tertiary/aromatic N) is 2. The van der Waals surface area contributed by atoms with Crippen LogP contribution in [0.15, 0.2) is 48.7 Å². The van der Waals surface area contributed by atoms with Gasteiger partial charge in [0.1, 0.15) is 11.5 Å². The molecule has 0 unspecified atom stereocenters. The van der Waals surface area contributed by atoms with Gasteiger partial charge in [-0.25, -0.2) is 4.68 Å². The van der Waals surface area contributed by atoms with Crippen molar-refractivity contribution in [2.75, 3.05) is 0 Å². The number of hydrogen-bond acceptors (Lipinski definition) is 3. The molecule has 24 heavy (non-hydrogen) atoms. The Bertz CT molecular complexity index is 900. The van der Waals surface area contributed by atoms with Crippen molar-refractivity contribution >= 4 is 11.6 Å². The van der Waals surface area contributed by atoms with E-state index >= 15 is 0 Å². The molecule has 5 heteroatoms. The zero-order valence-electron chi connectivity index (χ0n) is 13.0. The summed E-state index contributed by atoms with van der Waals surface area (Å²) < 4.78 is 1.70. The number of rotatable bonds is 4. The fraction of sp³-hybridized carbons (Fsp3) is 0.211. The molecule has 1 aliphatic rings. The molecule has 1 heterocycles.